The van der Waals surface area contributed by atoms with E-state index in [1.807, 2.05) is 0 Å². The molecule has 6 nitrogen and oxygen atoms in total. The van der Waals surface area contributed by atoms with Crippen LogP contribution in [0.4, 0.5) is 14.5 Å². The van der Waals surface area contributed by atoms with Crippen molar-refractivity contribution in [3.8, 4) is 5.75 Å². The van der Waals surface area contributed by atoms with Crippen LogP contribution in [-0.2, 0) is 11.2 Å². The highest BCUT2D eigenvalue weighted by atomic mass is 32.1. The molecule has 0 aromatic heterocycles. The molecular formula is C24H20F2N2O4S. The molecule has 0 fully saturated rings. The summed E-state index contributed by atoms with van der Waals surface area (Å²) in [4.78, 5) is 40.0. The van der Waals surface area contributed by atoms with Crippen molar-refractivity contribution in [1.82, 2.24) is 4.90 Å². The van der Waals surface area contributed by atoms with Gasteiger partial charge in [0.05, 0.1) is 18.2 Å². The maximum atomic E-state index is 13.7. The van der Waals surface area contributed by atoms with E-state index >= 15 is 0 Å². The Labute approximate surface area is 195 Å². The number of hydrogen-bond acceptors (Lipinski definition) is 4. The lowest BCUT2D eigenvalue weighted by Gasteiger charge is -2.25. The number of carbonyl (C=O) groups excluding carboxylic acids is 3. The van der Waals surface area contributed by atoms with Crippen LogP contribution in [0.2, 0.25) is 0 Å². The number of imide groups is 1. The molecule has 0 aliphatic carbocycles. The molecule has 0 bridgehead atoms. The Kier molecular flexibility index (Phi) is 7.13. The summed E-state index contributed by atoms with van der Waals surface area (Å²) in [6.07, 6.45) is -0.262. The second kappa shape index (κ2) is 9.83. The van der Waals surface area contributed by atoms with E-state index < -0.39 is 35.4 Å². The Hall–Kier alpha value is -3.72. The van der Waals surface area contributed by atoms with Gasteiger partial charge in [-0.05, 0) is 54.1 Å². The topological polar surface area (TPSA) is 75.7 Å². The third kappa shape index (κ3) is 4.88. The molecule has 0 radical (unpaired) electrons. The second-order valence-electron chi connectivity index (χ2n) is 7.24. The van der Waals surface area contributed by atoms with E-state index in [9.17, 15) is 23.2 Å². The predicted molar refractivity (Wildman–Crippen MR) is 123 cm³/mol. The number of methoxy groups -OCH3 is 1. The number of benzene rings is 3. The number of rotatable bonds is 6. The molecule has 1 heterocycles. The van der Waals surface area contributed by atoms with Crippen molar-refractivity contribution in [2.45, 2.75) is 12.5 Å². The lowest BCUT2D eigenvalue weighted by atomic mass is 10.0. The molecule has 33 heavy (non-hydrogen) atoms. The van der Waals surface area contributed by atoms with Gasteiger partial charge in [-0.1, -0.05) is 12.1 Å². The van der Waals surface area contributed by atoms with Crippen molar-refractivity contribution in [2.75, 3.05) is 12.4 Å². The first kappa shape index (κ1) is 23.9. The number of ether oxygens (including phenoxy) is 1. The number of amides is 3. The number of halogens is 2. The monoisotopic (exact) mass is 470 g/mol. The number of nitrogens with zero attached hydrogens (tertiary/aromatic N) is 1. The molecule has 0 saturated heterocycles. The molecule has 9 heteroatoms. The lowest BCUT2D eigenvalue weighted by Crippen LogP contribution is -2.48. The summed E-state index contributed by atoms with van der Waals surface area (Å²) in [5.41, 5.74) is 0.882. The average molecular weight is 470 g/mol. The fourth-order valence-corrected chi connectivity index (χ4v) is 3.64. The quantitative estimate of drug-likeness (QED) is 0.554. The number of hydrogen-bond donors (Lipinski definition) is 1. The highest BCUT2D eigenvalue weighted by molar-refractivity contribution is 7.59. The largest absolute Gasteiger partial charge is 0.497 e. The molecule has 4 rings (SSSR count). The Bertz CT molecular complexity index is 1160. The summed E-state index contributed by atoms with van der Waals surface area (Å²) in [7, 11) is 1.50. The van der Waals surface area contributed by atoms with Crippen molar-refractivity contribution in [3.05, 3.63) is 95.1 Å². The Morgan fingerprint density at radius 3 is 2.00 bits per heavy atom. The van der Waals surface area contributed by atoms with E-state index in [1.54, 1.807) is 36.4 Å². The minimum absolute atomic E-state index is 0. The summed E-state index contributed by atoms with van der Waals surface area (Å²) in [6, 6.07) is 14.2. The molecule has 1 aliphatic heterocycles. The maximum Gasteiger partial charge on any atom is 0.262 e. The molecule has 3 aromatic rings. The standard InChI is InChI=1S/C24H18F2N2O4.H2S/c1-32-18-8-6-17(7-9-18)27-22(29)21(12-14-10-15(25)13-16(26)11-14)28-23(30)19-4-2-3-5-20(19)24(28)31;/h2-11,13,21H,12H2,1H3,(H,27,29);1H2/t21-;/m0./s1. The fourth-order valence-electron chi connectivity index (χ4n) is 3.64. The normalized spacial score (nSPS) is 13.2. The summed E-state index contributed by atoms with van der Waals surface area (Å²) in [5.74, 6) is -3.02. The minimum Gasteiger partial charge on any atom is -0.497 e. The van der Waals surface area contributed by atoms with Crippen molar-refractivity contribution in [3.63, 3.8) is 0 Å². The first-order valence-corrected chi connectivity index (χ1v) is 9.74. The molecule has 0 spiro atoms. The van der Waals surface area contributed by atoms with Crippen molar-refractivity contribution >= 4 is 36.9 Å². The van der Waals surface area contributed by atoms with Gasteiger partial charge in [-0.3, -0.25) is 19.3 Å². The molecule has 1 aliphatic rings. The van der Waals surface area contributed by atoms with Gasteiger partial charge in [0, 0.05) is 18.2 Å². The van der Waals surface area contributed by atoms with Crippen LogP contribution in [0.1, 0.15) is 26.3 Å². The van der Waals surface area contributed by atoms with Crippen LogP contribution in [0.15, 0.2) is 66.7 Å². The molecule has 3 aromatic carbocycles. The van der Waals surface area contributed by atoms with Crippen molar-refractivity contribution in [2.24, 2.45) is 0 Å². The average Bonchev–Trinajstić information content (AvgIpc) is 3.02. The number of fused-ring (bicyclic) bond motifs is 1. The van der Waals surface area contributed by atoms with Gasteiger partial charge in [0.2, 0.25) is 5.91 Å². The Morgan fingerprint density at radius 2 is 1.48 bits per heavy atom. The van der Waals surface area contributed by atoms with Crippen LogP contribution in [-0.4, -0.2) is 35.8 Å². The van der Waals surface area contributed by atoms with Gasteiger partial charge >= 0.3 is 0 Å². The van der Waals surface area contributed by atoms with Crippen LogP contribution in [0.5, 0.6) is 5.75 Å². The van der Waals surface area contributed by atoms with Gasteiger partial charge in [-0.2, -0.15) is 13.5 Å². The molecule has 1 N–H and O–H groups in total. The third-order valence-electron chi connectivity index (χ3n) is 5.15. The van der Waals surface area contributed by atoms with Gasteiger partial charge in [0.25, 0.3) is 11.8 Å². The molecule has 1 atom stereocenters. The Balaban J connectivity index is 0.00000306. The number of carbonyl (C=O) groups is 3. The lowest BCUT2D eigenvalue weighted by molar-refractivity contribution is -0.119. The molecule has 170 valence electrons. The van der Waals surface area contributed by atoms with Gasteiger partial charge < -0.3 is 10.1 Å². The zero-order valence-corrected chi connectivity index (χ0v) is 18.5. The van der Waals surface area contributed by atoms with E-state index in [-0.39, 0.29) is 36.6 Å². The summed E-state index contributed by atoms with van der Waals surface area (Å²) in [5, 5.41) is 2.66. The van der Waals surface area contributed by atoms with Crippen molar-refractivity contribution < 1.29 is 27.9 Å². The highest BCUT2D eigenvalue weighted by Gasteiger charge is 2.42. The van der Waals surface area contributed by atoms with Gasteiger partial charge in [-0.25, -0.2) is 8.78 Å². The van der Waals surface area contributed by atoms with E-state index in [4.69, 9.17) is 4.74 Å². The van der Waals surface area contributed by atoms with Gasteiger partial charge in [0.1, 0.15) is 23.4 Å². The van der Waals surface area contributed by atoms with Crippen LogP contribution >= 0.6 is 13.5 Å². The molecule has 0 saturated carbocycles. The first-order valence-electron chi connectivity index (χ1n) is 9.74. The number of anilines is 1. The SMILES string of the molecule is COc1ccc(NC(=O)[C@H](Cc2cc(F)cc(F)c2)N2C(=O)c3ccccc3C2=O)cc1.S. The maximum absolute atomic E-state index is 13.7. The zero-order valence-electron chi connectivity index (χ0n) is 17.5. The summed E-state index contributed by atoms with van der Waals surface area (Å²) < 4.78 is 32.6. The Morgan fingerprint density at radius 1 is 0.939 bits per heavy atom. The van der Waals surface area contributed by atoms with Crippen LogP contribution in [0.25, 0.3) is 0 Å². The summed E-state index contributed by atoms with van der Waals surface area (Å²) >= 11 is 0. The van der Waals surface area contributed by atoms with Gasteiger partial charge in [-0.15, -0.1) is 0 Å². The first-order chi connectivity index (χ1) is 15.4. The smallest absolute Gasteiger partial charge is 0.262 e. The van der Waals surface area contributed by atoms with E-state index in [2.05, 4.69) is 5.32 Å². The summed E-state index contributed by atoms with van der Waals surface area (Å²) in [6.45, 7) is 0. The van der Waals surface area contributed by atoms with E-state index in [1.165, 1.54) is 19.2 Å². The minimum atomic E-state index is -1.33. The van der Waals surface area contributed by atoms with E-state index in [0.717, 1.165) is 17.0 Å². The van der Waals surface area contributed by atoms with Crippen LogP contribution < -0.4 is 10.1 Å². The van der Waals surface area contributed by atoms with E-state index in [0.29, 0.717) is 17.5 Å². The van der Waals surface area contributed by atoms with Crippen LogP contribution in [0.3, 0.4) is 0 Å². The van der Waals surface area contributed by atoms with Crippen LogP contribution in [0, 0.1) is 11.6 Å². The predicted octanol–water partition coefficient (Wildman–Crippen LogP) is 3.93. The number of nitrogens with one attached hydrogen (secondary N) is 1. The second-order valence-corrected chi connectivity index (χ2v) is 7.24. The molecule has 3 amide bonds. The highest BCUT2D eigenvalue weighted by Crippen LogP contribution is 2.27. The third-order valence-corrected chi connectivity index (χ3v) is 5.15. The van der Waals surface area contributed by atoms with Crippen molar-refractivity contribution in [1.29, 1.82) is 0 Å². The molecule has 0 unspecified atom stereocenters. The van der Waals surface area contributed by atoms with Gasteiger partial charge in [0.15, 0.2) is 0 Å². The fraction of sp³-hybridized carbons (Fsp3) is 0.125. The zero-order chi connectivity index (χ0) is 22.8. The molecular weight excluding hydrogens is 450 g/mol.